The van der Waals surface area contributed by atoms with Gasteiger partial charge in [-0.2, -0.15) is 5.26 Å². The Morgan fingerprint density at radius 1 is 1.25 bits per heavy atom. The molecule has 1 aromatic rings. The highest BCUT2D eigenvalue weighted by molar-refractivity contribution is 5.29. The second-order valence-electron chi connectivity index (χ2n) is 4.92. The van der Waals surface area contributed by atoms with E-state index in [-0.39, 0.29) is 0 Å². The molecule has 0 aromatic heterocycles. The van der Waals surface area contributed by atoms with E-state index in [1.54, 1.807) is 14.2 Å². The average molecular weight is 273 g/mol. The SMILES string of the molecule is CO/C(C)=C(/C#N)CCCC(C)c1ccc(OC)cc1. The summed E-state index contributed by atoms with van der Waals surface area (Å²) in [5.74, 6) is 2.08. The number of hydrogen-bond donors (Lipinski definition) is 0. The lowest BCUT2D eigenvalue weighted by molar-refractivity contribution is 0.288. The summed E-state index contributed by atoms with van der Waals surface area (Å²) in [5.41, 5.74) is 2.05. The van der Waals surface area contributed by atoms with Crippen LogP contribution < -0.4 is 4.74 Å². The van der Waals surface area contributed by atoms with Gasteiger partial charge in [-0.15, -0.1) is 0 Å². The summed E-state index contributed by atoms with van der Waals surface area (Å²) in [4.78, 5) is 0. The molecule has 0 amide bonds. The number of benzene rings is 1. The third-order valence-electron chi connectivity index (χ3n) is 3.61. The minimum atomic E-state index is 0.476. The molecule has 0 bridgehead atoms. The molecule has 1 rings (SSSR count). The van der Waals surface area contributed by atoms with E-state index in [2.05, 4.69) is 25.1 Å². The zero-order chi connectivity index (χ0) is 15.0. The fourth-order valence-electron chi connectivity index (χ4n) is 2.12. The molecule has 108 valence electrons. The summed E-state index contributed by atoms with van der Waals surface area (Å²) in [7, 11) is 3.28. The summed E-state index contributed by atoms with van der Waals surface area (Å²) in [6, 6.07) is 10.4. The first-order chi connectivity index (χ1) is 9.62. The second kappa shape index (κ2) is 8.27. The van der Waals surface area contributed by atoms with Crippen LogP contribution >= 0.6 is 0 Å². The summed E-state index contributed by atoms with van der Waals surface area (Å²) >= 11 is 0. The Hall–Kier alpha value is -1.95. The van der Waals surface area contributed by atoms with Crippen LogP contribution in [0.5, 0.6) is 5.75 Å². The van der Waals surface area contributed by atoms with E-state index in [0.29, 0.717) is 5.92 Å². The lowest BCUT2D eigenvalue weighted by Gasteiger charge is -2.12. The van der Waals surface area contributed by atoms with Crippen molar-refractivity contribution >= 4 is 0 Å². The Morgan fingerprint density at radius 3 is 2.40 bits per heavy atom. The molecule has 0 aliphatic rings. The minimum absolute atomic E-state index is 0.476. The molecule has 0 saturated carbocycles. The monoisotopic (exact) mass is 273 g/mol. The van der Waals surface area contributed by atoms with Crippen LogP contribution in [-0.2, 0) is 4.74 Å². The molecule has 3 heteroatoms. The van der Waals surface area contributed by atoms with Crippen molar-refractivity contribution in [2.75, 3.05) is 14.2 Å². The van der Waals surface area contributed by atoms with Crippen LogP contribution in [0.3, 0.4) is 0 Å². The zero-order valence-electron chi connectivity index (χ0n) is 12.8. The number of allylic oxidation sites excluding steroid dienone is 2. The Labute approximate surface area is 121 Å². The van der Waals surface area contributed by atoms with Crippen LogP contribution in [0, 0.1) is 11.3 Å². The van der Waals surface area contributed by atoms with E-state index >= 15 is 0 Å². The van der Waals surface area contributed by atoms with Crippen molar-refractivity contribution < 1.29 is 9.47 Å². The fraction of sp³-hybridized carbons (Fsp3) is 0.471. The van der Waals surface area contributed by atoms with Crippen LogP contribution in [0.25, 0.3) is 0 Å². The topological polar surface area (TPSA) is 42.2 Å². The van der Waals surface area contributed by atoms with Crippen LogP contribution in [0.1, 0.15) is 44.6 Å². The number of hydrogen-bond acceptors (Lipinski definition) is 3. The van der Waals surface area contributed by atoms with Gasteiger partial charge in [-0.25, -0.2) is 0 Å². The molecular weight excluding hydrogens is 250 g/mol. The normalized spacial score (nSPS) is 13.2. The first-order valence-corrected chi connectivity index (χ1v) is 6.90. The number of methoxy groups -OCH3 is 2. The third-order valence-corrected chi connectivity index (χ3v) is 3.61. The lowest BCUT2D eigenvalue weighted by Crippen LogP contribution is -1.96. The molecule has 0 aliphatic carbocycles. The van der Waals surface area contributed by atoms with Crippen LogP contribution in [-0.4, -0.2) is 14.2 Å². The molecule has 1 unspecified atom stereocenters. The summed E-state index contributed by atoms with van der Waals surface area (Å²) in [6.07, 6.45) is 2.81. The Balaban J connectivity index is 2.51. The van der Waals surface area contributed by atoms with Crippen molar-refractivity contribution in [2.45, 2.75) is 39.0 Å². The fourth-order valence-corrected chi connectivity index (χ4v) is 2.12. The van der Waals surface area contributed by atoms with Gasteiger partial charge in [-0.3, -0.25) is 0 Å². The summed E-state index contributed by atoms with van der Waals surface area (Å²) < 4.78 is 10.3. The number of ether oxygens (including phenoxy) is 2. The molecule has 0 N–H and O–H groups in total. The largest absolute Gasteiger partial charge is 0.500 e. The van der Waals surface area contributed by atoms with E-state index in [1.165, 1.54) is 5.56 Å². The van der Waals surface area contributed by atoms with Gasteiger partial charge in [0.05, 0.1) is 25.9 Å². The molecule has 0 saturated heterocycles. The van der Waals surface area contributed by atoms with Crippen LogP contribution in [0.4, 0.5) is 0 Å². The Kier molecular flexibility index (Phi) is 6.66. The highest BCUT2D eigenvalue weighted by Crippen LogP contribution is 2.25. The first-order valence-electron chi connectivity index (χ1n) is 6.90. The van der Waals surface area contributed by atoms with Gasteiger partial charge in [0, 0.05) is 0 Å². The van der Waals surface area contributed by atoms with E-state index < -0.39 is 0 Å². The predicted octanol–water partition coefficient (Wildman–Crippen LogP) is 4.41. The lowest BCUT2D eigenvalue weighted by atomic mass is 9.94. The van der Waals surface area contributed by atoms with Crippen LogP contribution in [0.2, 0.25) is 0 Å². The molecule has 0 aliphatic heterocycles. The Bertz CT molecular complexity index is 483. The molecule has 3 nitrogen and oxygen atoms in total. The van der Waals surface area contributed by atoms with Gasteiger partial charge < -0.3 is 9.47 Å². The predicted molar refractivity (Wildman–Crippen MR) is 80.6 cm³/mol. The standard InChI is InChI=1S/C17H23NO2/c1-13(15-8-10-17(20-4)11-9-15)6-5-7-16(12-18)14(2)19-3/h8-11,13H,5-7H2,1-4H3/b16-14+. The molecule has 1 aromatic carbocycles. The quantitative estimate of drug-likeness (QED) is 0.545. The van der Waals surface area contributed by atoms with Gasteiger partial charge in [0.2, 0.25) is 0 Å². The highest BCUT2D eigenvalue weighted by Gasteiger charge is 2.08. The van der Waals surface area contributed by atoms with E-state index in [9.17, 15) is 0 Å². The van der Waals surface area contributed by atoms with E-state index in [1.807, 2.05) is 19.1 Å². The number of nitrogens with zero attached hydrogens (tertiary/aromatic N) is 1. The van der Waals surface area contributed by atoms with Crippen molar-refractivity contribution in [3.63, 3.8) is 0 Å². The number of nitriles is 1. The summed E-state index contributed by atoms with van der Waals surface area (Å²) in [6.45, 7) is 4.05. The molecule has 0 spiro atoms. The highest BCUT2D eigenvalue weighted by atomic mass is 16.5. The smallest absolute Gasteiger partial charge is 0.118 e. The maximum Gasteiger partial charge on any atom is 0.118 e. The van der Waals surface area contributed by atoms with Gasteiger partial charge >= 0.3 is 0 Å². The molecular formula is C17H23NO2. The van der Waals surface area contributed by atoms with E-state index in [4.69, 9.17) is 14.7 Å². The van der Waals surface area contributed by atoms with Gasteiger partial charge in [-0.1, -0.05) is 19.1 Å². The molecule has 0 fully saturated rings. The third kappa shape index (κ3) is 4.62. The maximum absolute atomic E-state index is 9.07. The molecule has 20 heavy (non-hydrogen) atoms. The molecule has 1 atom stereocenters. The Morgan fingerprint density at radius 2 is 1.90 bits per heavy atom. The average Bonchev–Trinajstić information content (AvgIpc) is 2.50. The molecule has 0 heterocycles. The van der Waals surface area contributed by atoms with Gasteiger partial charge in [0.1, 0.15) is 11.5 Å². The van der Waals surface area contributed by atoms with Crippen LogP contribution in [0.15, 0.2) is 35.6 Å². The molecule has 0 radical (unpaired) electrons. The zero-order valence-corrected chi connectivity index (χ0v) is 12.8. The van der Waals surface area contributed by atoms with Crippen molar-refractivity contribution in [1.29, 1.82) is 5.26 Å². The first kappa shape index (κ1) is 16.1. The van der Waals surface area contributed by atoms with E-state index in [0.717, 1.165) is 36.3 Å². The van der Waals surface area contributed by atoms with Gasteiger partial charge in [-0.05, 0) is 49.8 Å². The van der Waals surface area contributed by atoms with Crippen molar-refractivity contribution in [3.8, 4) is 11.8 Å². The van der Waals surface area contributed by atoms with Crippen molar-refractivity contribution in [3.05, 3.63) is 41.2 Å². The summed E-state index contributed by atoms with van der Waals surface area (Å²) in [5, 5.41) is 9.07. The van der Waals surface area contributed by atoms with Crippen molar-refractivity contribution in [1.82, 2.24) is 0 Å². The minimum Gasteiger partial charge on any atom is -0.500 e. The van der Waals surface area contributed by atoms with Gasteiger partial charge in [0.25, 0.3) is 0 Å². The van der Waals surface area contributed by atoms with Gasteiger partial charge in [0.15, 0.2) is 0 Å². The maximum atomic E-state index is 9.07. The second-order valence-corrected chi connectivity index (χ2v) is 4.92. The number of rotatable bonds is 7. The van der Waals surface area contributed by atoms with Crippen molar-refractivity contribution in [2.24, 2.45) is 0 Å².